The average Bonchev–Trinajstić information content (AvgIpc) is 2.39. The van der Waals surface area contributed by atoms with E-state index in [1.165, 1.54) is 0 Å². The Balaban J connectivity index is 1.86. The van der Waals surface area contributed by atoms with E-state index < -0.39 is 5.97 Å². The first-order valence-electron chi connectivity index (χ1n) is 6.61. The van der Waals surface area contributed by atoms with Gasteiger partial charge in [0.2, 0.25) is 5.95 Å². The Morgan fingerprint density at radius 2 is 2.26 bits per heavy atom. The number of rotatable bonds is 5. The maximum Gasteiger partial charge on any atom is 0.317 e. The highest BCUT2D eigenvalue weighted by atomic mass is 16.4. The van der Waals surface area contributed by atoms with Crippen molar-refractivity contribution in [2.75, 3.05) is 31.1 Å². The molecule has 6 nitrogen and oxygen atoms in total. The number of nitrogens with zero attached hydrogens (tertiary/aromatic N) is 3. The van der Waals surface area contributed by atoms with Gasteiger partial charge in [0.1, 0.15) is 0 Å². The second-order valence-electron chi connectivity index (χ2n) is 5.04. The Morgan fingerprint density at radius 3 is 2.95 bits per heavy atom. The van der Waals surface area contributed by atoms with Crippen molar-refractivity contribution in [3.8, 4) is 0 Å². The number of piperidine rings is 1. The van der Waals surface area contributed by atoms with Gasteiger partial charge in [-0.3, -0.25) is 4.79 Å². The molecule has 1 aromatic heterocycles. The number of anilines is 1. The Morgan fingerprint density at radius 1 is 1.53 bits per heavy atom. The van der Waals surface area contributed by atoms with Crippen molar-refractivity contribution < 1.29 is 9.90 Å². The van der Waals surface area contributed by atoms with E-state index >= 15 is 0 Å². The smallest absolute Gasteiger partial charge is 0.317 e. The van der Waals surface area contributed by atoms with Crippen LogP contribution >= 0.6 is 0 Å². The van der Waals surface area contributed by atoms with Crippen LogP contribution in [0.5, 0.6) is 0 Å². The number of aryl methyl sites for hydroxylation is 1. The molecule has 0 amide bonds. The molecule has 1 aromatic rings. The van der Waals surface area contributed by atoms with Crippen LogP contribution in [0.15, 0.2) is 12.4 Å². The van der Waals surface area contributed by atoms with E-state index in [0.29, 0.717) is 5.92 Å². The Hall–Kier alpha value is -1.69. The number of hydrogen-bond acceptors (Lipinski definition) is 5. The molecular weight excluding hydrogens is 244 g/mol. The fourth-order valence-corrected chi connectivity index (χ4v) is 2.35. The lowest BCUT2D eigenvalue weighted by Crippen LogP contribution is -2.41. The molecule has 0 radical (unpaired) electrons. The van der Waals surface area contributed by atoms with Gasteiger partial charge in [0, 0.05) is 32.0 Å². The van der Waals surface area contributed by atoms with Gasteiger partial charge in [0.15, 0.2) is 0 Å². The summed E-state index contributed by atoms with van der Waals surface area (Å²) >= 11 is 0. The monoisotopic (exact) mass is 264 g/mol. The van der Waals surface area contributed by atoms with Crippen LogP contribution in [0.2, 0.25) is 0 Å². The molecule has 1 unspecified atom stereocenters. The van der Waals surface area contributed by atoms with Gasteiger partial charge in [-0.05, 0) is 31.2 Å². The minimum Gasteiger partial charge on any atom is -0.480 e. The highest BCUT2D eigenvalue weighted by Crippen LogP contribution is 2.19. The standard InChI is InChI=1S/C13H20N4O2/c1-10-5-15-13(16-6-10)17-4-2-3-11(9-17)7-14-8-12(18)19/h5-6,11,14H,2-4,7-9H2,1H3,(H,18,19). The summed E-state index contributed by atoms with van der Waals surface area (Å²) in [6.07, 6.45) is 5.87. The number of nitrogens with one attached hydrogen (secondary N) is 1. The second-order valence-corrected chi connectivity index (χ2v) is 5.04. The largest absolute Gasteiger partial charge is 0.480 e. The van der Waals surface area contributed by atoms with Gasteiger partial charge in [-0.15, -0.1) is 0 Å². The molecule has 6 heteroatoms. The van der Waals surface area contributed by atoms with Gasteiger partial charge in [-0.25, -0.2) is 9.97 Å². The van der Waals surface area contributed by atoms with Crippen LogP contribution in [0.25, 0.3) is 0 Å². The first kappa shape index (κ1) is 13.7. The summed E-state index contributed by atoms with van der Waals surface area (Å²) in [6.45, 7) is 4.58. The Labute approximate surface area is 112 Å². The van der Waals surface area contributed by atoms with Crippen LogP contribution < -0.4 is 10.2 Å². The molecule has 19 heavy (non-hydrogen) atoms. The normalized spacial score (nSPS) is 19.4. The number of aliphatic carboxylic acids is 1. The zero-order valence-corrected chi connectivity index (χ0v) is 11.2. The summed E-state index contributed by atoms with van der Waals surface area (Å²) in [5.74, 6) is 0.418. The number of carboxylic acid groups (broad SMARTS) is 1. The van der Waals surface area contributed by atoms with Gasteiger partial charge < -0.3 is 15.3 Å². The molecule has 1 aliphatic rings. The summed E-state index contributed by atoms with van der Waals surface area (Å²) in [5, 5.41) is 11.6. The zero-order chi connectivity index (χ0) is 13.7. The second kappa shape index (κ2) is 6.47. The van der Waals surface area contributed by atoms with Gasteiger partial charge in [0.25, 0.3) is 0 Å². The van der Waals surface area contributed by atoms with Gasteiger partial charge in [-0.1, -0.05) is 0 Å². The van der Waals surface area contributed by atoms with Crippen molar-refractivity contribution >= 4 is 11.9 Å². The molecule has 2 rings (SSSR count). The summed E-state index contributed by atoms with van der Waals surface area (Å²) < 4.78 is 0. The lowest BCUT2D eigenvalue weighted by molar-refractivity contribution is -0.136. The molecule has 1 saturated heterocycles. The topological polar surface area (TPSA) is 78.4 Å². The molecule has 0 saturated carbocycles. The van der Waals surface area contributed by atoms with E-state index in [1.54, 1.807) is 0 Å². The third kappa shape index (κ3) is 4.17. The summed E-state index contributed by atoms with van der Waals surface area (Å²) in [4.78, 5) is 21.3. The summed E-state index contributed by atoms with van der Waals surface area (Å²) in [7, 11) is 0. The van der Waals surface area contributed by atoms with Crippen LogP contribution in [0.1, 0.15) is 18.4 Å². The van der Waals surface area contributed by atoms with Crippen LogP contribution in [0.3, 0.4) is 0 Å². The summed E-state index contributed by atoms with van der Waals surface area (Å²) in [5.41, 5.74) is 1.06. The molecule has 104 valence electrons. The number of hydrogen-bond donors (Lipinski definition) is 2. The van der Waals surface area contributed by atoms with Gasteiger partial charge >= 0.3 is 5.97 Å². The molecule has 1 aliphatic heterocycles. The fourth-order valence-electron chi connectivity index (χ4n) is 2.35. The predicted octanol–water partition coefficient (Wildman–Crippen LogP) is 0.676. The van der Waals surface area contributed by atoms with E-state index in [0.717, 1.165) is 44.0 Å². The maximum absolute atomic E-state index is 10.5. The minimum absolute atomic E-state index is 0.0253. The average molecular weight is 264 g/mol. The van der Waals surface area contributed by atoms with E-state index in [9.17, 15) is 4.79 Å². The van der Waals surface area contributed by atoms with E-state index in [2.05, 4.69) is 20.2 Å². The van der Waals surface area contributed by atoms with Crippen LogP contribution in [-0.2, 0) is 4.79 Å². The zero-order valence-electron chi connectivity index (χ0n) is 11.2. The number of carboxylic acids is 1. The Kier molecular flexibility index (Phi) is 4.68. The highest BCUT2D eigenvalue weighted by molar-refractivity contribution is 5.68. The number of aromatic nitrogens is 2. The third-order valence-corrected chi connectivity index (χ3v) is 3.28. The van der Waals surface area contributed by atoms with Crippen molar-refractivity contribution in [1.29, 1.82) is 0 Å². The Bertz CT molecular complexity index is 421. The predicted molar refractivity (Wildman–Crippen MR) is 72.2 cm³/mol. The summed E-state index contributed by atoms with van der Waals surface area (Å²) in [6, 6.07) is 0. The van der Waals surface area contributed by atoms with E-state index in [4.69, 9.17) is 5.11 Å². The molecule has 0 spiro atoms. The fraction of sp³-hybridized carbons (Fsp3) is 0.615. The molecule has 0 bridgehead atoms. The quantitative estimate of drug-likeness (QED) is 0.814. The van der Waals surface area contributed by atoms with Crippen LogP contribution in [0, 0.1) is 12.8 Å². The van der Waals surface area contributed by atoms with Crippen molar-refractivity contribution in [2.45, 2.75) is 19.8 Å². The maximum atomic E-state index is 10.5. The molecule has 2 heterocycles. The van der Waals surface area contributed by atoms with Crippen molar-refractivity contribution in [1.82, 2.24) is 15.3 Å². The van der Waals surface area contributed by atoms with Gasteiger partial charge in [0.05, 0.1) is 6.54 Å². The molecule has 1 atom stereocenters. The van der Waals surface area contributed by atoms with E-state index in [-0.39, 0.29) is 6.54 Å². The van der Waals surface area contributed by atoms with Crippen LogP contribution in [0.4, 0.5) is 5.95 Å². The first-order valence-corrected chi connectivity index (χ1v) is 6.61. The minimum atomic E-state index is -0.811. The molecule has 0 aliphatic carbocycles. The number of carbonyl (C=O) groups is 1. The van der Waals surface area contributed by atoms with Crippen molar-refractivity contribution in [2.24, 2.45) is 5.92 Å². The molecule has 2 N–H and O–H groups in total. The van der Waals surface area contributed by atoms with Crippen LogP contribution in [-0.4, -0.2) is 47.2 Å². The van der Waals surface area contributed by atoms with Crippen molar-refractivity contribution in [3.05, 3.63) is 18.0 Å². The third-order valence-electron chi connectivity index (χ3n) is 3.28. The van der Waals surface area contributed by atoms with Crippen molar-refractivity contribution in [3.63, 3.8) is 0 Å². The molecule has 1 fully saturated rings. The molecule has 0 aromatic carbocycles. The molecular formula is C13H20N4O2. The first-order chi connectivity index (χ1) is 9.15. The highest BCUT2D eigenvalue weighted by Gasteiger charge is 2.21. The SMILES string of the molecule is Cc1cnc(N2CCCC(CNCC(=O)O)C2)nc1. The lowest BCUT2D eigenvalue weighted by atomic mass is 9.98. The lowest BCUT2D eigenvalue weighted by Gasteiger charge is -2.32. The van der Waals surface area contributed by atoms with E-state index in [1.807, 2.05) is 19.3 Å². The van der Waals surface area contributed by atoms with Gasteiger partial charge in [-0.2, -0.15) is 0 Å².